The van der Waals surface area contributed by atoms with Gasteiger partial charge in [0.15, 0.2) is 0 Å². The molecule has 0 bridgehead atoms. The zero-order valence-electron chi connectivity index (χ0n) is 15.0. The van der Waals surface area contributed by atoms with E-state index in [1.807, 2.05) is 26.8 Å². The van der Waals surface area contributed by atoms with Crippen molar-refractivity contribution in [3.63, 3.8) is 0 Å². The zero-order chi connectivity index (χ0) is 18.7. The van der Waals surface area contributed by atoms with Gasteiger partial charge >= 0.3 is 11.9 Å². The highest BCUT2D eigenvalue weighted by molar-refractivity contribution is 5.98. The molecular weight excluding hydrogens is 324 g/mol. The molecule has 0 saturated heterocycles. The van der Waals surface area contributed by atoms with Crippen molar-refractivity contribution in [1.82, 2.24) is 0 Å². The number of allylic oxidation sites excluding steroid dienone is 2. The third kappa shape index (κ3) is 3.62. The fraction of sp³-hybridized carbons (Fsp3) is 0.474. The highest BCUT2D eigenvalue weighted by Gasteiger charge is 2.31. The Hall–Kier alpha value is -2.50. The Kier molecular flexibility index (Phi) is 5.72. The van der Waals surface area contributed by atoms with Crippen molar-refractivity contribution in [2.24, 2.45) is 5.92 Å². The molecule has 0 saturated carbocycles. The number of carboxylic acids is 1. The molecule has 0 amide bonds. The highest BCUT2D eigenvalue weighted by Crippen LogP contribution is 2.42. The number of phenolic OH excluding ortho intramolecular Hbond substituents is 1. The second-order valence-corrected chi connectivity index (χ2v) is 6.32. The standard InChI is InChI=1S/C19H24O6/c1-5-12(18(21)22)8-10(2)6-7-13-16(20)15-14(9-25-19(15)23)11(3)17(13)24-4/h6,12,20H,5,7-9H2,1-4H3,(H,21,22)/t12-/m0/s1. The molecule has 6 nitrogen and oxygen atoms in total. The van der Waals surface area contributed by atoms with E-state index in [2.05, 4.69) is 0 Å². The first kappa shape index (κ1) is 18.8. The van der Waals surface area contributed by atoms with Gasteiger partial charge in [-0.2, -0.15) is 0 Å². The van der Waals surface area contributed by atoms with Crippen LogP contribution < -0.4 is 4.74 Å². The summed E-state index contributed by atoms with van der Waals surface area (Å²) >= 11 is 0. The Balaban J connectivity index is 2.35. The molecule has 1 atom stereocenters. The Morgan fingerprint density at radius 3 is 2.68 bits per heavy atom. The van der Waals surface area contributed by atoms with Gasteiger partial charge < -0.3 is 19.7 Å². The minimum absolute atomic E-state index is 0.116. The summed E-state index contributed by atoms with van der Waals surface area (Å²) in [5.41, 5.74) is 3.06. The molecule has 0 fully saturated rings. The van der Waals surface area contributed by atoms with Crippen molar-refractivity contribution < 1.29 is 29.3 Å². The number of cyclic esters (lactones) is 1. The first-order valence-corrected chi connectivity index (χ1v) is 8.28. The number of carbonyl (C=O) groups excluding carboxylic acids is 1. The maximum atomic E-state index is 11.9. The number of carboxylic acid groups (broad SMARTS) is 1. The van der Waals surface area contributed by atoms with Crippen LogP contribution in [0.25, 0.3) is 0 Å². The number of benzene rings is 1. The number of carbonyl (C=O) groups is 2. The number of hydrogen-bond donors (Lipinski definition) is 2. The average Bonchev–Trinajstić information content (AvgIpc) is 2.96. The van der Waals surface area contributed by atoms with Crippen LogP contribution in [0.15, 0.2) is 11.6 Å². The second-order valence-electron chi connectivity index (χ2n) is 6.32. The lowest BCUT2D eigenvalue weighted by Gasteiger charge is -2.16. The lowest BCUT2D eigenvalue weighted by Crippen LogP contribution is -2.12. The van der Waals surface area contributed by atoms with E-state index in [4.69, 9.17) is 14.6 Å². The number of rotatable bonds is 7. The Morgan fingerprint density at radius 1 is 1.44 bits per heavy atom. The maximum absolute atomic E-state index is 11.9. The number of aromatic hydroxyl groups is 1. The van der Waals surface area contributed by atoms with Gasteiger partial charge in [0.05, 0.1) is 13.0 Å². The number of methoxy groups -OCH3 is 1. The summed E-state index contributed by atoms with van der Waals surface area (Å²) in [6.45, 7) is 5.67. The summed E-state index contributed by atoms with van der Waals surface area (Å²) < 4.78 is 10.5. The number of ether oxygens (including phenoxy) is 2. The van der Waals surface area contributed by atoms with E-state index in [0.29, 0.717) is 36.1 Å². The molecule has 1 aromatic carbocycles. The smallest absolute Gasteiger partial charge is 0.342 e. The molecule has 0 aliphatic carbocycles. The number of hydrogen-bond acceptors (Lipinski definition) is 5. The summed E-state index contributed by atoms with van der Waals surface area (Å²) in [6, 6.07) is 0. The summed E-state index contributed by atoms with van der Waals surface area (Å²) in [7, 11) is 1.52. The Bertz CT molecular complexity index is 732. The molecule has 1 heterocycles. The largest absolute Gasteiger partial charge is 0.507 e. The van der Waals surface area contributed by atoms with Crippen molar-refractivity contribution in [3.05, 3.63) is 33.9 Å². The van der Waals surface area contributed by atoms with Crippen LogP contribution in [0.1, 0.15) is 53.7 Å². The van der Waals surface area contributed by atoms with Crippen molar-refractivity contribution in [2.45, 2.75) is 46.6 Å². The number of esters is 1. The predicted octanol–water partition coefficient (Wildman–Crippen LogP) is 3.37. The van der Waals surface area contributed by atoms with E-state index >= 15 is 0 Å². The van der Waals surface area contributed by atoms with E-state index in [-0.39, 0.29) is 17.9 Å². The summed E-state index contributed by atoms with van der Waals surface area (Å²) in [4.78, 5) is 23.0. The molecule has 0 spiro atoms. The van der Waals surface area contributed by atoms with Gasteiger partial charge in [0.1, 0.15) is 23.7 Å². The lowest BCUT2D eigenvalue weighted by molar-refractivity contribution is -0.141. The zero-order valence-corrected chi connectivity index (χ0v) is 15.0. The highest BCUT2D eigenvalue weighted by atomic mass is 16.5. The van der Waals surface area contributed by atoms with Crippen LogP contribution in [-0.2, 0) is 22.6 Å². The van der Waals surface area contributed by atoms with E-state index in [1.54, 1.807) is 0 Å². The maximum Gasteiger partial charge on any atom is 0.342 e. The van der Waals surface area contributed by atoms with Gasteiger partial charge in [-0.3, -0.25) is 4.79 Å². The fourth-order valence-electron chi connectivity index (χ4n) is 3.18. The van der Waals surface area contributed by atoms with E-state index in [9.17, 15) is 14.7 Å². The summed E-state index contributed by atoms with van der Waals surface area (Å²) in [6.07, 6.45) is 3.22. The average molecular weight is 348 g/mol. The second kappa shape index (κ2) is 7.59. The molecule has 0 unspecified atom stereocenters. The van der Waals surface area contributed by atoms with Crippen molar-refractivity contribution >= 4 is 11.9 Å². The summed E-state index contributed by atoms with van der Waals surface area (Å²) in [5, 5.41) is 19.7. The van der Waals surface area contributed by atoms with Gasteiger partial charge in [-0.15, -0.1) is 0 Å². The Labute approximate surface area is 147 Å². The van der Waals surface area contributed by atoms with E-state index in [1.165, 1.54) is 7.11 Å². The molecule has 1 aliphatic rings. The van der Waals surface area contributed by atoms with Crippen LogP contribution in [0.4, 0.5) is 0 Å². The van der Waals surface area contributed by atoms with Crippen LogP contribution in [0.5, 0.6) is 11.5 Å². The quantitative estimate of drug-likeness (QED) is 0.580. The SMILES string of the molecule is CC[C@@H](CC(C)=CCc1c(O)c2c(c(C)c1OC)COC2=O)C(=O)O. The minimum atomic E-state index is -0.813. The number of fused-ring (bicyclic) bond motifs is 1. The topological polar surface area (TPSA) is 93.1 Å². The van der Waals surface area contributed by atoms with Crippen molar-refractivity contribution in [2.75, 3.05) is 7.11 Å². The molecule has 2 N–H and O–H groups in total. The van der Waals surface area contributed by atoms with Gasteiger partial charge in [-0.1, -0.05) is 18.6 Å². The van der Waals surface area contributed by atoms with Crippen LogP contribution >= 0.6 is 0 Å². The van der Waals surface area contributed by atoms with Gasteiger partial charge in [0, 0.05) is 11.1 Å². The van der Waals surface area contributed by atoms with Crippen molar-refractivity contribution in [3.8, 4) is 11.5 Å². The molecule has 0 aromatic heterocycles. The minimum Gasteiger partial charge on any atom is -0.507 e. The predicted molar refractivity (Wildman–Crippen MR) is 92.0 cm³/mol. The van der Waals surface area contributed by atoms with Crippen LogP contribution in [0, 0.1) is 12.8 Å². The van der Waals surface area contributed by atoms with Crippen molar-refractivity contribution in [1.29, 1.82) is 0 Å². The summed E-state index contributed by atoms with van der Waals surface area (Å²) in [5.74, 6) is -1.36. The van der Waals surface area contributed by atoms with Gasteiger partial charge in [0.25, 0.3) is 0 Å². The monoisotopic (exact) mass is 348 g/mol. The first-order chi connectivity index (χ1) is 11.8. The van der Waals surface area contributed by atoms with Crippen LogP contribution in [0.2, 0.25) is 0 Å². The lowest BCUT2D eigenvalue weighted by atomic mass is 9.93. The Morgan fingerprint density at radius 2 is 2.12 bits per heavy atom. The molecule has 1 aromatic rings. The fourth-order valence-corrected chi connectivity index (χ4v) is 3.18. The molecular formula is C19H24O6. The van der Waals surface area contributed by atoms with Crippen LogP contribution in [-0.4, -0.2) is 29.3 Å². The number of aliphatic carboxylic acids is 1. The third-order valence-electron chi connectivity index (χ3n) is 4.71. The van der Waals surface area contributed by atoms with Gasteiger partial charge in [-0.25, -0.2) is 4.79 Å². The third-order valence-corrected chi connectivity index (χ3v) is 4.71. The molecule has 2 rings (SSSR count). The first-order valence-electron chi connectivity index (χ1n) is 8.28. The van der Waals surface area contributed by atoms with E-state index < -0.39 is 17.9 Å². The molecule has 25 heavy (non-hydrogen) atoms. The molecule has 136 valence electrons. The molecule has 1 aliphatic heterocycles. The number of phenols is 1. The van der Waals surface area contributed by atoms with Gasteiger partial charge in [0.2, 0.25) is 0 Å². The molecule has 6 heteroatoms. The van der Waals surface area contributed by atoms with Gasteiger partial charge in [-0.05, 0) is 38.7 Å². The van der Waals surface area contributed by atoms with E-state index in [0.717, 1.165) is 11.1 Å². The normalized spacial score (nSPS) is 14.9. The molecule has 0 radical (unpaired) electrons. The van der Waals surface area contributed by atoms with Crippen LogP contribution in [0.3, 0.4) is 0 Å².